The molecule has 2 heterocycles. The van der Waals surface area contributed by atoms with E-state index in [1.54, 1.807) is 0 Å². The molecule has 2 atom stereocenters. The molecule has 2 unspecified atom stereocenters. The third kappa shape index (κ3) is 3.84. The molecule has 21 heavy (non-hydrogen) atoms. The van der Waals surface area contributed by atoms with Crippen molar-refractivity contribution in [1.29, 1.82) is 0 Å². The summed E-state index contributed by atoms with van der Waals surface area (Å²) in [6.45, 7) is 1.50. The number of hydrogen-bond acceptors (Lipinski definition) is 3. The molecular weight excluding hydrogens is 284 g/mol. The van der Waals surface area contributed by atoms with Gasteiger partial charge in [-0.3, -0.25) is 0 Å². The van der Waals surface area contributed by atoms with E-state index < -0.39 is 0 Å². The number of para-hydroxylation sites is 1. The Bertz CT molecular complexity index is 489. The highest BCUT2D eigenvalue weighted by molar-refractivity contribution is 7.99. The number of rotatable bonds is 3. The average Bonchev–Trinajstić information content (AvgIpc) is 2.94. The monoisotopic (exact) mass is 306 g/mol. The standard InChI is InChI=1S/C16H22N2O2S/c19-16(17-10-12-7-9-21-11-12)18-14-5-3-8-20-15-6-2-1-4-13(14)15/h1-2,4,6,12,14H,3,5,7-11H2,(H2,17,18,19). The average molecular weight is 306 g/mol. The molecule has 1 aromatic carbocycles. The van der Waals surface area contributed by atoms with Crippen molar-refractivity contribution in [1.82, 2.24) is 10.6 Å². The fourth-order valence-corrected chi connectivity index (χ4v) is 4.15. The van der Waals surface area contributed by atoms with Gasteiger partial charge < -0.3 is 15.4 Å². The summed E-state index contributed by atoms with van der Waals surface area (Å²) in [6.07, 6.45) is 3.09. The summed E-state index contributed by atoms with van der Waals surface area (Å²) in [5.41, 5.74) is 1.08. The third-order valence-corrected chi connectivity index (χ3v) is 5.30. The lowest BCUT2D eigenvalue weighted by atomic mass is 10.0. The van der Waals surface area contributed by atoms with Crippen molar-refractivity contribution < 1.29 is 9.53 Å². The van der Waals surface area contributed by atoms with Crippen molar-refractivity contribution in [2.45, 2.75) is 25.3 Å². The van der Waals surface area contributed by atoms with Gasteiger partial charge in [0.05, 0.1) is 12.6 Å². The van der Waals surface area contributed by atoms with Crippen LogP contribution in [0.1, 0.15) is 30.9 Å². The molecule has 0 saturated carbocycles. The first-order valence-electron chi connectivity index (χ1n) is 7.67. The molecular formula is C16H22N2O2S. The third-order valence-electron chi connectivity index (χ3n) is 4.07. The highest BCUT2D eigenvalue weighted by Gasteiger charge is 2.22. The van der Waals surface area contributed by atoms with Crippen molar-refractivity contribution in [3.8, 4) is 5.75 Å². The van der Waals surface area contributed by atoms with Gasteiger partial charge in [0.2, 0.25) is 0 Å². The van der Waals surface area contributed by atoms with Crippen LogP contribution in [0.15, 0.2) is 24.3 Å². The SMILES string of the molecule is O=C(NCC1CCSC1)NC1CCCOc2ccccc21. The number of ether oxygens (including phenoxy) is 1. The quantitative estimate of drug-likeness (QED) is 0.902. The van der Waals surface area contributed by atoms with Crippen LogP contribution >= 0.6 is 11.8 Å². The zero-order valence-electron chi connectivity index (χ0n) is 12.1. The smallest absolute Gasteiger partial charge is 0.315 e. The summed E-state index contributed by atoms with van der Waals surface area (Å²) in [7, 11) is 0. The molecule has 1 fully saturated rings. The molecule has 5 heteroatoms. The Hall–Kier alpha value is -1.36. The minimum Gasteiger partial charge on any atom is -0.493 e. The van der Waals surface area contributed by atoms with E-state index in [-0.39, 0.29) is 12.1 Å². The molecule has 0 spiro atoms. The van der Waals surface area contributed by atoms with Crippen LogP contribution in [0.2, 0.25) is 0 Å². The summed E-state index contributed by atoms with van der Waals surface area (Å²) in [6, 6.07) is 7.96. The molecule has 2 amide bonds. The predicted octanol–water partition coefficient (Wildman–Crippen LogP) is 2.95. The number of urea groups is 1. The highest BCUT2D eigenvalue weighted by Crippen LogP contribution is 2.31. The Labute approximate surface area is 130 Å². The summed E-state index contributed by atoms with van der Waals surface area (Å²) in [5, 5.41) is 6.12. The maximum Gasteiger partial charge on any atom is 0.315 e. The van der Waals surface area contributed by atoms with Gasteiger partial charge in [0, 0.05) is 12.1 Å². The van der Waals surface area contributed by atoms with Crippen molar-refractivity contribution in [3.63, 3.8) is 0 Å². The van der Waals surface area contributed by atoms with Gasteiger partial charge in [0.1, 0.15) is 5.75 Å². The number of thioether (sulfide) groups is 1. The van der Waals surface area contributed by atoms with Crippen LogP contribution in [0.25, 0.3) is 0 Å². The molecule has 0 radical (unpaired) electrons. The number of nitrogens with one attached hydrogen (secondary N) is 2. The van der Waals surface area contributed by atoms with Gasteiger partial charge in [0.15, 0.2) is 0 Å². The van der Waals surface area contributed by atoms with Crippen LogP contribution in [0.5, 0.6) is 5.75 Å². The van der Waals surface area contributed by atoms with Crippen LogP contribution in [0.3, 0.4) is 0 Å². The predicted molar refractivity (Wildman–Crippen MR) is 85.9 cm³/mol. The zero-order chi connectivity index (χ0) is 14.5. The van der Waals surface area contributed by atoms with Crippen molar-refractivity contribution >= 4 is 17.8 Å². The van der Waals surface area contributed by atoms with Crippen molar-refractivity contribution in [2.24, 2.45) is 5.92 Å². The number of carbonyl (C=O) groups excluding carboxylic acids is 1. The molecule has 2 aliphatic rings. The van der Waals surface area contributed by atoms with E-state index >= 15 is 0 Å². The van der Waals surface area contributed by atoms with Crippen LogP contribution in [0, 0.1) is 5.92 Å². The lowest BCUT2D eigenvalue weighted by Crippen LogP contribution is -2.40. The zero-order valence-corrected chi connectivity index (χ0v) is 13.0. The van der Waals surface area contributed by atoms with Crippen LogP contribution in [-0.4, -0.2) is 30.7 Å². The van der Waals surface area contributed by atoms with E-state index in [2.05, 4.69) is 10.6 Å². The normalized spacial score (nSPS) is 24.6. The van der Waals surface area contributed by atoms with Gasteiger partial charge in [-0.2, -0.15) is 11.8 Å². The minimum absolute atomic E-state index is 0.0432. The fourth-order valence-electron chi connectivity index (χ4n) is 2.87. The van der Waals surface area contributed by atoms with Gasteiger partial charge in [-0.15, -0.1) is 0 Å². The van der Waals surface area contributed by atoms with Gasteiger partial charge >= 0.3 is 6.03 Å². The molecule has 0 aromatic heterocycles. The molecule has 4 nitrogen and oxygen atoms in total. The highest BCUT2D eigenvalue weighted by atomic mass is 32.2. The first kappa shape index (κ1) is 14.6. The molecule has 1 saturated heterocycles. The lowest BCUT2D eigenvalue weighted by Gasteiger charge is -2.19. The van der Waals surface area contributed by atoms with Crippen molar-refractivity contribution in [3.05, 3.63) is 29.8 Å². The number of hydrogen-bond donors (Lipinski definition) is 2. The fraction of sp³-hybridized carbons (Fsp3) is 0.562. The van der Waals surface area contributed by atoms with Gasteiger partial charge in [-0.05, 0) is 42.8 Å². The van der Waals surface area contributed by atoms with Gasteiger partial charge in [0.25, 0.3) is 0 Å². The summed E-state index contributed by atoms with van der Waals surface area (Å²) < 4.78 is 5.73. The molecule has 114 valence electrons. The number of benzene rings is 1. The molecule has 0 bridgehead atoms. The Morgan fingerprint density at radius 2 is 2.24 bits per heavy atom. The van der Waals surface area contributed by atoms with E-state index in [9.17, 15) is 4.79 Å². The number of amides is 2. The second-order valence-corrected chi connectivity index (χ2v) is 6.81. The van der Waals surface area contributed by atoms with Crippen LogP contribution in [-0.2, 0) is 0 Å². The van der Waals surface area contributed by atoms with Crippen LogP contribution < -0.4 is 15.4 Å². The maximum absolute atomic E-state index is 12.1. The molecule has 2 aliphatic heterocycles. The topological polar surface area (TPSA) is 50.4 Å². The molecule has 1 aromatic rings. The number of fused-ring (bicyclic) bond motifs is 1. The Balaban J connectivity index is 1.57. The lowest BCUT2D eigenvalue weighted by molar-refractivity contribution is 0.234. The molecule has 3 rings (SSSR count). The van der Waals surface area contributed by atoms with Gasteiger partial charge in [-0.25, -0.2) is 4.79 Å². The molecule has 2 N–H and O–H groups in total. The maximum atomic E-state index is 12.1. The summed E-state index contributed by atoms with van der Waals surface area (Å²) in [4.78, 5) is 12.1. The Morgan fingerprint density at radius 1 is 1.33 bits per heavy atom. The van der Waals surface area contributed by atoms with Crippen molar-refractivity contribution in [2.75, 3.05) is 24.7 Å². The van der Waals surface area contributed by atoms with E-state index in [1.165, 1.54) is 17.9 Å². The van der Waals surface area contributed by atoms with E-state index in [4.69, 9.17) is 4.74 Å². The van der Waals surface area contributed by atoms with E-state index in [0.29, 0.717) is 5.92 Å². The summed E-state index contributed by atoms with van der Waals surface area (Å²) in [5.74, 6) is 3.92. The molecule has 0 aliphatic carbocycles. The first-order valence-corrected chi connectivity index (χ1v) is 8.82. The van der Waals surface area contributed by atoms with E-state index in [0.717, 1.165) is 37.3 Å². The Kier molecular flexibility index (Phi) is 4.91. The largest absolute Gasteiger partial charge is 0.493 e. The minimum atomic E-state index is -0.0615. The second kappa shape index (κ2) is 7.07. The number of carbonyl (C=O) groups is 1. The summed E-state index contributed by atoms with van der Waals surface area (Å²) >= 11 is 1.97. The van der Waals surface area contributed by atoms with Gasteiger partial charge in [-0.1, -0.05) is 18.2 Å². The Morgan fingerprint density at radius 3 is 3.10 bits per heavy atom. The van der Waals surface area contributed by atoms with Crippen LogP contribution in [0.4, 0.5) is 4.79 Å². The second-order valence-electron chi connectivity index (χ2n) is 5.67. The van der Waals surface area contributed by atoms with E-state index in [1.807, 2.05) is 36.0 Å². The first-order chi connectivity index (χ1) is 10.3.